The minimum Gasteiger partial charge on any atom is -0.384 e. The van der Waals surface area contributed by atoms with Gasteiger partial charge in [-0.25, -0.2) is 15.0 Å². The van der Waals surface area contributed by atoms with E-state index < -0.39 is 11.7 Å². The van der Waals surface area contributed by atoms with E-state index in [1.165, 1.54) is 0 Å². The molecule has 4 aliphatic rings. The molecule has 0 amide bonds. The molecule has 3 fully saturated rings. The number of morpholine rings is 2. The van der Waals surface area contributed by atoms with E-state index in [1.807, 2.05) is 0 Å². The molecule has 0 saturated carbocycles. The van der Waals surface area contributed by atoms with Crippen molar-refractivity contribution in [2.75, 3.05) is 48.4 Å². The minimum atomic E-state index is -4.60. The molecular formula is C21H23F3N6O2. The molecule has 170 valence electrons. The Bertz CT molecular complexity index is 1050. The molecule has 0 spiro atoms. The second-order valence-corrected chi connectivity index (χ2v) is 8.81. The Hall–Kier alpha value is -2.66. The van der Waals surface area contributed by atoms with Crippen molar-refractivity contribution >= 4 is 17.5 Å². The first-order chi connectivity index (χ1) is 15.4. The summed E-state index contributed by atoms with van der Waals surface area (Å²) in [7, 11) is 0. The van der Waals surface area contributed by atoms with E-state index in [1.54, 1.807) is 0 Å². The summed E-state index contributed by atoms with van der Waals surface area (Å²) < 4.78 is 53.1. The third-order valence-corrected chi connectivity index (χ3v) is 6.72. The van der Waals surface area contributed by atoms with Crippen LogP contribution in [0.25, 0.3) is 11.4 Å². The second kappa shape index (κ2) is 7.17. The first-order valence-electron chi connectivity index (χ1n) is 10.9. The maximum atomic E-state index is 13.8. The third-order valence-electron chi connectivity index (χ3n) is 6.72. The van der Waals surface area contributed by atoms with Crippen molar-refractivity contribution in [3.63, 3.8) is 0 Å². The summed E-state index contributed by atoms with van der Waals surface area (Å²) in [5.41, 5.74) is 5.50. The summed E-state index contributed by atoms with van der Waals surface area (Å²) in [4.78, 5) is 17.6. The Morgan fingerprint density at radius 1 is 1.09 bits per heavy atom. The lowest BCUT2D eigenvalue weighted by atomic mass is 10.1. The van der Waals surface area contributed by atoms with Gasteiger partial charge in [-0.3, -0.25) is 0 Å². The van der Waals surface area contributed by atoms with Gasteiger partial charge in [0, 0.05) is 37.8 Å². The molecule has 2 N–H and O–H groups in total. The van der Waals surface area contributed by atoms with Gasteiger partial charge in [0.1, 0.15) is 17.5 Å². The van der Waals surface area contributed by atoms with Crippen molar-refractivity contribution in [2.45, 2.75) is 43.7 Å². The van der Waals surface area contributed by atoms with Crippen LogP contribution in [0.2, 0.25) is 0 Å². The first-order valence-corrected chi connectivity index (χ1v) is 10.9. The highest BCUT2D eigenvalue weighted by Gasteiger charge is 2.41. The molecule has 6 rings (SSSR count). The molecule has 0 aromatic carbocycles. The van der Waals surface area contributed by atoms with Gasteiger partial charge in [-0.2, -0.15) is 13.2 Å². The normalized spacial score (nSPS) is 26.9. The van der Waals surface area contributed by atoms with Crippen LogP contribution in [0, 0.1) is 0 Å². The van der Waals surface area contributed by atoms with Crippen molar-refractivity contribution in [3.05, 3.63) is 23.4 Å². The molecule has 3 unspecified atom stereocenters. The van der Waals surface area contributed by atoms with Gasteiger partial charge in [0.2, 0.25) is 0 Å². The zero-order chi connectivity index (χ0) is 22.0. The van der Waals surface area contributed by atoms with Crippen LogP contribution in [-0.4, -0.2) is 66.0 Å². The first kappa shape index (κ1) is 20.0. The lowest BCUT2D eigenvalue weighted by molar-refractivity contribution is -0.137. The monoisotopic (exact) mass is 448 g/mol. The van der Waals surface area contributed by atoms with Crippen LogP contribution < -0.4 is 15.5 Å². The number of anilines is 3. The van der Waals surface area contributed by atoms with E-state index in [2.05, 4.69) is 19.8 Å². The minimum absolute atomic E-state index is 0.0181. The van der Waals surface area contributed by atoms with Gasteiger partial charge in [0.15, 0.2) is 5.82 Å². The van der Waals surface area contributed by atoms with Gasteiger partial charge in [-0.15, -0.1) is 0 Å². The van der Waals surface area contributed by atoms with Crippen molar-refractivity contribution in [1.82, 2.24) is 15.0 Å². The van der Waals surface area contributed by atoms with Crippen LogP contribution in [0.1, 0.15) is 24.0 Å². The number of pyridine rings is 1. The molecule has 11 heteroatoms. The SMILES string of the molecule is Nc1cc(C(F)(F)F)c(-c2nc(N3CC4CCC(C3)O4)c3c(n2)N2CCOCC2C3)cn1. The molecule has 3 saturated heterocycles. The molecule has 0 radical (unpaired) electrons. The van der Waals surface area contributed by atoms with Crippen molar-refractivity contribution < 1.29 is 22.6 Å². The zero-order valence-electron chi connectivity index (χ0n) is 17.3. The largest absolute Gasteiger partial charge is 0.417 e. The summed E-state index contributed by atoms with van der Waals surface area (Å²) in [6, 6.07) is 0.962. The van der Waals surface area contributed by atoms with E-state index >= 15 is 0 Å². The number of nitrogens with zero attached hydrogens (tertiary/aromatic N) is 5. The van der Waals surface area contributed by atoms with E-state index in [0.29, 0.717) is 50.9 Å². The zero-order valence-corrected chi connectivity index (χ0v) is 17.3. The van der Waals surface area contributed by atoms with E-state index in [4.69, 9.17) is 20.2 Å². The highest BCUT2D eigenvalue weighted by Crippen LogP contribution is 2.43. The molecule has 0 aliphatic carbocycles. The molecule has 32 heavy (non-hydrogen) atoms. The Morgan fingerprint density at radius 2 is 1.84 bits per heavy atom. The Labute approximate surface area is 182 Å². The fourth-order valence-corrected chi connectivity index (χ4v) is 5.27. The molecule has 3 atom stereocenters. The highest BCUT2D eigenvalue weighted by molar-refractivity contribution is 5.72. The fraction of sp³-hybridized carbons (Fsp3) is 0.571. The topological polar surface area (TPSA) is 89.6 Å². The van der Waals surface area contributed by atoms with Crippen LogP contribution in [0.4, 0.5) is 30.6 Å². The summed E-state index contributed by atoms with van der Waals surface area (Å²) in [6.45, 7) is 3.12. The summed E-state index contributed by atoms with van der Waals surface area (Å²) in [5.74, 6) is 1.22. The van der Waals surface area contributed by atoms with Crippen LogP contribution in [0.5, 0.6) is 0 Å². The number of halogens is 3. The number of nitrogen functional groups attached to an aromatic ring is 1. The molecule has 8 nitrogen and oxygen atoms in total. The van der Waals surface area contributed by atoms with Crippen LogP contribution in [-0.2, 0) is 22.1 Å². The summed E-state index contributed by atoms with van der Waals surface area (Å²) >= 11 is 0. The molecule has 2 aromatic rings. The average molecular weight is 448 g/mol. The summed E-state index contributed by atoms with van der Waals surface area (Å²) in [5, 5.41) is 0. The Balaban J connectivity index is 1.51. The predicted molar refractivity (Wildman–Crippen MR) is 110 cm³/mol. The lowest BCUT2D eigenvalue weighted by Gasteiger charge is -2.34. The average Bonchev–Trinajstić information content (AvgIpc) is 3.31. The van der Waals surface area contributed by atoms with Crippen molar-refractivity contribution in [1.29, 1.82) is 0 Å². The predicted octanol–water partition coefficient (Wildman–Crippen LogP) is 2.27. The van der Waals surface area contributed by atoms with Crippen LogP contribution in [0.3, 0.4) is 0 Å². The number of rotatable bonds is 2. The number of fused-ring (bicyclic) bond motifs is 5. The van der Waals surface area contributed by atoms with Gasteiger partial charge in [0.05, 0.1) is 42.6 Å². The maximum absolute atomic E-state index is 13.8. The van der Waals surface area contributed by atoms with Crippen LogP contribution in [0.15, 0.2) is 12.3 Å². The fourth-order valence-electron chi connectivity index (χ4n) is 5.27. The summed E-state index contributed by atoms with van der Waals surface area (Å²) in [6.07, 6.45) is -0.539. The molecule has 2 aromatic heterocycles. The lowest BCUT2D eigenvalue weighted by Crippen LogP contribution is -2.43. The van der Waals surface area contributed by atoms with E-state index in [0.717, 1.165) is 30.7 Å². The second-order valence-electron chi connectivity index (χ2n) is 8.81. The number of alkyl halides is 3. The molecular weight excluding hydrogens is 425 g/mol. The molecule has 2 bridgehead atoms. The Kier molecular flexibility index (Phi) is 4.48. The smallest absolute Gasteiger partial charge is 0.384 e. The number of aromatic nitrogens is 3. The van der Waals surface area contributed by atoms with Gasteiger partial charge in [-0.05, 0) is 18.9 Å². The number of ether oxygens (including phenoxy) is 2. The van der Waals surface area contributed by atoms with Gasteiger partial charge >= 0.3 is 6.18 Å². The van der Waals surface area contributed by atoms with Gasteiger partial charge in [0.25, 0.3) is 0 Å². The number of nitrogens with two attached hydrogens (primary N) is 1. The number of hydrogen-bond donors (Lipinski definition) is 1. The van der Waals surface area contributed by atoms with E-state index in [-0.39, 0.29) is 35.5 Å². The third kappa shape index (κ3) is 3.25. The maximum Gasteiger partial charge on any atom is 0.417 e. The standard InChI is InChI=1S/C21H23F3N6O2/c22-21(23,24)16-6-17(25)26-7-15(16)18-27-19(29-8-12-1-2-13(9-29)32-12)14-5-11-10-31-4-3-30(11)20(14)28-18/h6-7,11-13H,1-5,8-10H2,(H2,25,26). The van der Waals surface area contributed by atoms with Crippen molar-refractivity contribution in [3.8, 4) is 11.4 Å². The Morgan fingerprint density at radius 3 is 2.59 bits per heavy atom. The van der Waals surface area contributed by atoms with Gasteiger partial charge < -0.3 is 25.0 Å². The number of hydrogen-bond acceptors (Lipinski definition) is 8. The van der Waals surface area contributed by atoms with Gasteiger partial charge in [-0.1, -0.05) is 0 Å². The highest BCUT2D eigenvalue weighted by atomic mass is 19.4. The van der Waals surface area contributed by atoms with Crippen LogP contribution >= 0.6 is 0 Å². The quantitative estimate of drug-likeness (QED) is 0.749. The van der Waals surface area contributed by atoms with E-state index in [9.17, 15) is 13.2 Å². The molecule has 4 aliphatic heterocycles. The van der Waals surface area contributed by atoms with Crippen molar-refractivity contribution in [2.24, 2.45) is 0 Å². The molecule has 6 heterocycles.